The van der Waals surface area contributed by atoms with Gasteiger partial charge >= 0.3 is 6.03 Å². The molecule has 1 aromatic rings. The minimum absolute atomic E-state index is 0.0362. The van der Waals surface area contributed by atoms with Crippen molar-refractivity contribution in [2.24, 2.45) is 5.41 Å². The number of imide groups is 2. The minimum atomic E-state index is -1.49. The summed E-state index contributed by atoms with van der Waals surface area (Å²) in [5, 5.41) is 11.3. The van der Waals surface area contributed by atoms with Crippen molar-refractivity contribution in [2.75, 3.05) is 45.2 Å². The van der Waals surface area contributed by atoms with Crippen LogP contribution >= 0.6 is 0 Å². The highest BCUT2D eigenvalue weighted by atomic mass is 16.6. The van der Waals surface area contributed by atoms with Crippen molar-refractivity contribution in [3.63, 3.8) is 0 Å². The zero-order valence-electron chi connectivity index (χ0n) is 17.3. The van der Waals surface area contributed by atoms with E-state index in [1.807, 2.05) is 18.9 Å². The number of anilines is 1. The highest BCUT2D eigenvalue weighted by Crippen LogP contribution is 2.47. The second kappa shape index (κ2) is 7.05. The quantitative estimate of drug-likeness (QED) is 0.413. The molecule has 0 aromatic heterocycles. The molecule has 10 heteroatoms. The van der Waals surface area contributed by atoms with E-state index in [2.05, 4.69) is 4.90 Å². The largest absolute Gasteiger partial charge is 0.364 e. The molecule has 1 spiro atoms. The van der Waals surface area contributed by atoms with E-state index >= 15 is 0 Å². The van der Waals surface area contributed by atoms with Crippen molar-refractivity contribution in [1.29, 1.82) is 0 Å². The number of urea groups is 1. The van der Waals surface area contributed by atoms with Crippen molar-refractivity contribution in [3.8, 4) is 0 Å². The van der Waals surface area contributed by atoms with E-state index in [4.69, 9.17) is 0 Å². The second-order valence-electron chi connectivity index (χ2n) is 8.29. The van der Waals surface area contributed by atoms with E-state index in [1.165, 1.54) is 19.2 Å². The van der Waals surface area contributed by atoms with Crippen molar-refractivity contribution in [1.82, 2.24) is 14.7 Å². The van der Waals surface area contributed by atoms with Crippen LogP contribution in [0.3, 0.4) is 0 Å². The first-order chi connectivity index (χ1) is 14.2. The van der Waals surface area contributed by atoms with Gasteiger partial charge < -0.3 is 9.80 Å². The third-order valence-corrected chi connectivity index (χ3v) is 6.48. The number of hydrogen-bond donors (Lipinski definition) is 0. The molecule has 2 atom stereocenters. The molecular weight excluding hydrogens is 390 g/mol. The predicted molar refractivity (Wildman–Crippen MR) is 108 cm³/mol. The van der Waals surface area contributed by atoms with Gasteiger partial charge in [0, 0.05) is 57.5 Å². The number of rotatable bonds is 3. The molecule has 2 fully saturated rings. The van der Waals surface area contributed by atoms with Gasteiger partial charge in [-0.05, 0) is 25.1 Å². The average molecular weight is 415 g/mol. The molecule has 3 aliphatic rings. The zero-order valence-corrected chi connectivity index (χ0v) is 17.3. The number of nitro benzene ring substituents is 1. The number of nitrogens with zero attached hydrogens (tertiary/aromatic N) is 5. The Kier molecular flexibility index (Phi) is 4.76. The van der Waals surface area contributed by atoms with E-state index in [9.17, 15) is 24.5 Å². The number of nitro groups is 1. The summed E-state index contributed by atoms with van der Waals surface area (Å²) in [5.41, 5.74) is -0.172. The molecule has 3 aliphatic heterocycles. The van der Waals surface area contributed by atoms with Crippen molar-refractivity contribution in [2.45, 2.75) is 25.8 Å². The summed E-state index contributed by atoms with van der Waals surface area (Å²) >= 11 is 0. The smallest absolute Gasteiger partial charge is 0.333 e. The molecule has 1 aromatic carbocycles. The van der Waals surface area contributed by atoms with Crippen LogP contribution in [0.25, 0.3) is 0 Å². The summed E-state index contributed by atoms with van der Waals surface area (Å²) in [6.07, 6.45) is 0.612. The van der Waals surface area contributed by atoms with Gasteiger partial charge in [0.25, 0.3) is 5.69 Å². The summed E-state index contributed by atoms with van der Waals surface area (Å²) in [6, 6.07) is 3.54. The Labute approximate surface area is 174 Å². The summed E-state index contributed by atoms with van der Waals surface area (Å²) in [6.45, 7) is 3.89. The SMILES string of the molecule is CCCN1C(=O)N(C)C(=O)C2(Cc3cc([N+](=O)[O-])ccc3N3CCN(C)CC32)C1=O. The fourth-order valence-electron chi connectivity index (χ4n) is 5.00. The van der Waals surface area contributed by atoms with Crippen LogP contribution in [0.15, 0.2) is 18.2 Å². The number of likely N-dealkylation sites (N-methyl/N-ethyl adjacent to an activating group) is 1. The third kappa shape index (κ3) is 2.70. The lowest BCUT2D eigenvalue weighted by Gasteiger charge is -2.56. The molecule has 2 saturated heterocycles. The Morgan fingerprint density at radius 2 is 1.90 bits per heavy atom. The van der Waals surface area contributed by atoms with Crippen LogP contribution in [0.2, 0.25) is 0 Å². The summed E-state index contributed by atoms with van der Waals surface area (Å²) in [5.74, 6) is -1.03. The van der Waals surface area contributed by atoms with Gasteiger partial charge in [0.05, 0.1) is 11.0 Å². The third-order valence-electron chi connectivity index (χ3n) is 6.48. The average Bonchev–Trinajstić information content (AvgIpc) is 2.73. The first kappa shape index (κ1) is 20.3. The standard InChI is InChI=1S/C20H25N5O5/c1-4-7-24-18(27)20(17(26)22(3)19(24)28)11-13-10-14(25(29)30)5-6-15(13)23-9-8-21(2)12-16(20)23/h5-6,10,16H,4,7-9,11-12H2,1-3H3. The van der Waals surface area contributed by atoms with Gasteiger partial charge in [0.1, 0.15) is 0 Å². The summed E-state index contributed by atoms with van der Waals surface area (Å²) in [4.78, 5) is 57.1. The Bertz CT molecular complexity index is 950. The van der Waals surface area contributed by atoms with Crippen LogP contribution in [0, 0.1) is 15.5 Å². The number of fused-ring (bicyclic) bond motifs is 4. The van der Waals surface area contributed by atoms with Crippen LogP contribution < -0.4 is 4.90 Å². The molecule has 3 heterocycles. The van der Waals surface area contributed by atoms with Crippen molar-refractivity contribution >= 4 is 29.2 Å². The Hall–Kier alpha value is -3.01. The molecule has 4 rings (SSSR count). The second-order valence-corrected chi connectivity index (χ2v) is 8.29. The van der Waals surface area contributed by atoms with Crippen LogP contribution in [0.1, 0.15) is 18.9 Å². The zero-order chi connectivity index (χ0) is 21.8. The number of non-ortho nitro benzene ring substituents is 1. The number of piperazine rings is 1. The highest BCUT2D eigenvalue weighted by molar-refractivity contribution is 6.20. The van der Waals surface area contributed by atoms with E-state index < -0.39 is 34.2 Å². The van der Waals surface area contributed by atoms with Gasteiger partial charge in [0.2, 0.25) is 11.8 Å². The van der Waals surface area contributed by atoms with E-state index in [1.54, 1.807) is 6.07 Å². The number of hydrogen-bond acceptors (Lipinski definition) is 7. The fourth-order valence-corrected chi connectivity index (χ4v) is 5.00. The van der Waals surface area contributed by atoms with Crippen LogP contribution in [-0.2, 0) is 16.0 Å². The Balaban J connectivity index is 1.91. The first-order valence-electron chi connectivity index (χ1n) is 10.1. The monoisotopic (exact) mass is 415 g/mol. The number of barbiturate groups is 1. The summed E-state index contributed by atoms with van der Waals surface area (Å²) < 4.78 is 0. The van der Waals surface area contributed by atoms with Gasteiger partial charge in [0.15, 0.2) is 5.41 Å². The number of carbonyl (C=O) groups is 3. The number of carbonyl (C=O) groups excluding carboxylic acids is 3. The predicted octanol–water partition coefficient (Wildman–Crippen LogP) is 1.09. The molecule has 10 nitrogen and oxygen atoms in total. The molecule has 4 amide bonds. The molecule has 0 N–H and O–H groups in total. The molecule has 2 unspecified atom stereocenters. The molecule has 0 aliphatic carbocycles. The lowest BCUT2D eigenvalue weighted by Crippen LogP contribution is -2.75. The van der Waals surface area contributed by atoms with E-state index in [0.29, 0.717) is 25.1 Å². The molecular formula is C20H25N5O5. The van der Waals surface area contributed by atoms with Crippen LogP contribution in [-0.4, -0.2) is 83.8 Å². The van der Waals surface area contributed by atoms with Crippen LogP contribution in [0.4, 0.5) is 16.2 Å². The fraction of sp³-hybridized carbons (Fsp3) is 0.550. The van der Waals surface area contributed by atoms with Gasteiger partial charge in [-0.25, -0.2) is 4.79 Å². The maximum atomic E-state index is 13.7. The number of amides is 4. The Morgan fingerprint density at radius 1 is 1.17 bits per heavy atom. The normalized spacial score (nSPS) is 26.8. The lowest BCUT2D eigenvalue weighted by atomic mass is 9.67. The van der Waals surface area contributed by atoms with Crippen molar-refractivity contribution < 1.29 is 19.3 Å². The maximum Gasteiger partial charge on any atom is 0.333 e. The number of benzene rings is 1. The van der Waals surface area contributed by atoms with E-state index in [0.717, 1.165) is 22.0 Å². The topological polar surface area (TPSA) is 107 Å². The first-order valence-corrected chi connectivity index (χ1v) is 10.1. The molecule has 0 radical (unpaired) electrons. The highest BCUT2D eigenvalue weighted by Gasteiger charge is 2.64. The maximum absolute atomic E-state index is 13.7. The molecule has 0 bridgehead atoms. The minimum Gasteiger partial charge on any atom is -0.364 e. The van der Waals surface area contributed by atoms with Gasteiger partial charge in [-0.2, -0.15) is 0 Å². The molecule has 0 saturated carbocycles. The Morgan fingerprint density at radius 3 is 2.57 bits per heavy atom. The lowest BCUT2D eigenvalue weighted by molar-refractivity contribution is -0.384. The molecule has 30 heavy (non-hydrogen) atoms. The van der Waals surface area contributed by atoms with Gasteiger partial charge in [-0.15, -0.1) is 0 Å². The molecule has 160 valence electrons. The van der Waals surface area contributed by atoms with Crippen LogP contribution in [0.5, 0.6) is 0 Å². The summed E-state index contributed by atoms with van der Waals surface area (Å²) in [7, 11) is 3.34. The van der Waals surface area contributed by atoms with Crippen molar-refractivity contribution in [3.05, 3.63) is 33.9 Å². The van der Waals surface area contributed by atoms with E-state index in [-0.39, 0.29) is 18.7 Å². The van der Waals surface area contributed by atoms with Gasteiger partial charge in [-0.1, -0.05) is 6.92 Å². The van der Waals surface area contributed by atoms with Gasteiger partial charge in [-0.3, -0.25) is 29.5 Å².